The lowest BCUT2D eigenvalue weighted by Gasteiger charge is -2.14. The molecule has 0 amide bonds. The average molecular weight is 305 g/mol. The number of rotatable bonds is 7. The fraction of sp³-hybridized carbons (Fsp3) is 0.438. The van der Waals surface area contributed by atoms with Crippen LogP contribution in [0, 0.1) is 6.92 Å². The molecule has 0 bridgehead atoms. The number of benzene rings is 1. The number of hydrogen-bond donors (Lipinski definition) is 1. The van der Waals surface area contributed by atoms with Gasteiger partial charge in [0.25, 0.3) is 0 Å². The van der Waals surface area contributed by atoms with E-state index in [2.05, 4.69) is 10.4 Å². The van der Waals surface area contributed by atoms with Gasteiger partial charge in [-0.3, -0.25) is 4.68 Å². The van der Waals surface area contributed by atoms with E-state index in [-0.39, 0.29) is 0 Å². The number of nitrogens with zero attached hydrogens (tertiary/aromatic N) is 2. The second-order valence-electron chi connectivity index (χ2n) is 5.05. The van der Waals surface area contributed by atoms with Gasteiger partial charge in [-0.15, -0.1) is 0 Å². The fourth-order valence-electron chi connectivity index (χ4n) is 2.40. The zero-order valence-corrected chi connectivity index (χ0v) is 13.8. The van der Waals surface area contributed by atoms with Crippen LogP contribution < -0.4 is 19.5 Å². The molecule has 1 aromatic carbocycles. The molecular formula is C16H23N3O3. The Balaban J connectivity index is 2.08. The summed E-state index contributed by atoms with van der Waals surface area (Å²) >= 11 is 0. The van der Waals surface area contributed by atoms with E-state index in [1.54, 1.807) is 21.3 Å². The largest absolute Gasteiger partial charge is 0.493 e. The van der Waals surface area contributed by atoms with E-state index in [0.29, 0.717) is 23.8 Å². The molecule has 0 aliphatic heterocycles. The summed E-state index contributed by atoms with van der Waals surface area (Å²) in [6, 6.07) is 3.90. The molecule has 0 spiro atoms. The van der Waals surface area contributed by atoms with Crippen LogP contribution in [0.15, 0.2) is 18.3 Å². The monoisotopic (exact) mass is 305 g/mol. The summed E-state index contributed by atoms with van der Waals surface area (Å²) in [5.74, 6) is 1.93. The third-order valence-electron chi connectivity index (χ3n) is 3.48. The summed E-state index contributed by atoms with van der Waals surface area (Å²) in [4.78, 5) is 0. The zero-order valence-electron chi connectivity index (χ0n) is 13.8. The molecule has 0 atom stereocenters. The van der Waals surface area contributed by atoms with Crippen molar-refractivity contribution in [1.82, 2.24) is 15.1 Å². The van der Waals surface area contributed by atoms with Crippen molar-refractivity contribution in [1.29, 1.82) is 0 Å². The Morgan fingerprint density at radius 3 is 2.14 bits per heavy atom. The first kappa shape index (κ1) is 16.2. The van der Waals surface area contributed by atoms with Crippen molar-refractivity contribution in [3.63, 3.8) is 0 Å². The van der Waals surface area contributed by atoms with Crippen LogP contribution >= 0.6 is 0 Å². The molecule has 0 radical (unpaired) electrons. The lowest BCUT2D eigenvalue weighted by molar-refractivity contribution is 0.323. The highest BCUT2D eigenvalue weighted by Crippen LogP contribution is 2.38. The molecule has 1 N–H and O–H groups in total. The molecule has 6 heteroatoms. The van der Waals surface area contributed by atoms with Crippen molar-refractivity contribution in [2.75, 3.05) is 21.3 Å². The summed E-state index contributed by atoms with van der Waals surface area (Å²) in [6.45, 7) is 3.47. The Hall–Kier alpha value is -2.21. The van der Waals surface area contributed by atoms with Gasteiger partial charge in [0.1, 0.15) is 0 Å². The van der Waals surface area contributed by atoms with Gasteiger partial charge < -0.3 is 19.5 Å². The molecule has 0 saturated heterocycles. The van der Waals surface area contributed by atoms with Gasteiger partial charge in [0.05, 0.1) is 27.0 Å². The van der Waals surface area contributed by atoms with Crippen LogP contribution in [0.5, 0.6) is 17.2 Å². The van der Waals surface area contributed by atoms with Gasteiger partial charge in [0.15, 0.2) is 11.5 Å². The minimum atomic E-state index is 0.608. The van der Waals surface area contributed by atoms with E-state index in [9.17, 15) is 0 Å². The second-order valence-corrected chi connectivity index (χ2v) is 5.05. The van der Waals surface area contributed by atoms with Crippen molar-refractivity contribution in [3.8, 4) is 17.2 Å². The molecule has 2 rings (SSSR count). The molecule has 22 heavy (non-hydrogen) atoms. The van der Waals surface area contributed by atoms with Gasteiger partial charge in [0.2, 0.25) is 5.75 Å². The maximum atomic E-state index is 5.36. The number of aromatic nitrogens is 2. The van der Waals surface area contributed by atoms with Crippen LogP contribution in [0.3, 0.4) is 0 Å². The van der Waals surface area contributed by atoms with E-state index < -0.39 is 0 Å². The Kier molecular flexibility index (Phi) is 5.27. The molecule has 1 heterocycles. The van der Waals surface area contributed by atoms with E-state index in [4.69, 9.17) is 14.2 Å². The molecule has 0 aliphatic carbocycles. The summed E-state index contributed by atoms with van der Waals surface area (Å²) in [7, 11) is 6.76. The first-order valence-corrected chi connectivity index (χ1v) is 7.07. The molecule has 0 aliphatic rings. The van der Waals surface area contributed by atoms with Crippen LogP contribution in [-0.2, 0) is 20.1 Å². The second kappa shape index (κ2) is 7.17. The first-order chi connectivity index (χ1) is 10.6. The number of aryl methyl sites for hydroxylation is 2. The normalized spacial score (nSPS) is 10.6. The third-order valence-corrected chi connectivity index (χ3v) is 3.48. The van der Waals surface area contributed by atoms with Gasteiger partial charge in [0, 0.05) is 31.9 Å². The predicted octanol–water partition coefficient (Wildman–Crippen LogP) is 2.04. The first-order valence-electron chi connectivity index (χ1n) is 7.07. The Labute approximate surface area is 131 Å². The summed E-state index contributed by atoms with van der Waals surface area (Å²) in [5, 5.41) is 7.74. The van der Waals surface area contributed by atoms with Crippen molar-refractivity contribution < 1.29 is 14.2 Å². The Bertz CT molecular complexity index is 613. The lowest BCUT2D eigenvalue weighted by atomic mass is 10.1. The standard InChI is InChI=1S/C16H23N3O3/c1-11-13(10-19(2)18-11)9-17-8-12-6-14(20-3)16(22-5)15(7-12)21-4/h6-7,10,17H,8-9H2,1-5H3. The molecule has 2 aromatic rings. The van der Waals surface area contributed by atoms with Crippen LogP contribution in [0.2, 0.25) is 0 Å². The van der Waals surface area contributed by atoms with E-state index >= 15 is 0 Å². The highest BCUT2D eigenvalue weighted by atomic mass is 16.5. The van der Waals surface area contributed by atoms with Crippen LogP contribution in [-0.4, -0.2) is 31.1 Å². The van der Waals surface area contributed by atoms with E-state index in [1.165, 1.54) is 5.56 Å². The highest BCUT2D eigenvalue weighted by molar-refractivity contribution is 5.53. The topological polar surface area (TPSA) is 57.5 Å². The van der Waals surface area contributed by atoms with E-state index in [1.807, 2.05) is 37.0 Å². The quantitative estimate of drug-likeness (QED) is 0.848. The molecule has 0 unspecified atom stereocenters. The average Bonchev–Trinajstić information content (AvgIpc) is 2.84. The predicted molar refractivity (Wildman–Crippen MR) is 84.6 cm³/mol. The fourth-order valence-corrected chi connectivity index (χ4v) is 2.40. The zero-order chi connectivity index (χ0) is 16.1. The third kappa shape index (κ3) is 3.51. The van der Waals surface area contributed by atoms with Gasteiger partial charge in [-0.2, -0.15) is 5.10 Å². The van der Waals surface area contributed by atoms with Crippen LogP contribution in [0.25, 0.3) is 0 Å². The van der Waals surface area contributed by atoms with Crippen molar-refractivity contribution in [3.05, 3.63) is 35.2 Å². The SMILES string of the molecule is COc1cc(CNCc2cn(C)nc2C)cc(OC)c1OC. The lowest BCUT2D eigenvalue weighted by Crippen LogP contribution is -2.13. The Morgan fingerprint density at radius 2 is 1.68 bits per heavy atom. The van der Waals surface area contributed by atoms with E-state index in [0.717, 1.165) is 17.8 Å². The molecule has 0 fully saturated rings. The summed E-state index contributed by atoms with van der Waals surface area (Å²) in [5.41, 5.74) is 3.30. The maximum Gasteiger partial charge on any atom is 0.203 e. The van der Waals surface area contributed by atoms with Crippen LogP contribution in [0.1, 0.15) is 16.8 Å². The van der Waals surface area contributed by atoms with Crippen molar-refractivity contribution >= 4 is 0 Å². The van der Waals surface area contributed by atoms with Gasteiger partial charge >= 0.3 is 0 Å². The molecular weight excluding hydrogens is 282 g/mol. The summed E-state index contributed by atoms with van der Waals surface area (Å²) in [6.07, 6.45) is 2.03. The van der Waals surface area contributed by atoms with Crippen LogP contribution in [0.4, 0.5) is 0 Å². The molecule has 120 valence electrons. The van der Waals surface area contributed by atoms with Gasteiger partial charge in [-0.05, 0) is 24.6 Å². The smallest absolute Gasteiger partial charge is 0.203 e. The molecule has 6 nitrogen and oxygen atoms in total. The minimum Gasteiger partial charge on any atom is -0.493 e. The van der Waals surface area contributed by atoms with Crippen molar-refractivity contribution in [2.24, 2.45) is 7.05 Å². The number of nitrogens with one attached hydrogen (secondary N) is 1. The Morgan fingerprint density at radius 1 is 1.05 bits per heavy atom. The van der Waals surface area contributed by atoms with Gasteiger partial charge in [-0.25, -0.2) is 0 Å². The highest BCUT2D eigenvalue weighted by Gasteiger charge is 2.13. The molecule has 1 aromatic heterocycles. The number of ether oxygens (including phenoxy) is 3. The minimum absolute atomic E-state index is 0.608. The number of hydrogen-bond acceptors (Lipinski definition) is 5. The summed E-state index contributed by atoms with van der Waals surface area (Å²) < 4.78 is 17.9. The maximum absolute atomic E-state index is 5.36. The molecule has 0 saturated carbocycles. The van der Waals surface area contributed by atoms with Gasteiger partial charge in [-0.1, -0.05) is 0 Å². The number of methoxy groups -OCH3 is 3. The van der Waals surface area contributed by atoms with Crippen molar-refractivity contribution in [2.45, 2.75) is 20.0 Å².